The number of non-ortho nitro benzene ring substituents is 1. The predicted octanol–water partition coefficient (Wildman–Crippen LogP) is 0.988. The van der Waals surface area contributed by atoms with Crippen molar-refractivity contribution < 1.29 is 14.5 Å². The van der Waals surface area contributed by atoms with Crippen molar-refractivity contribution >= 4 is 17.4 Å². The second kappa shape index (κ2) is 6.45. The first-order chi connectivity index (χ1) is 9.95. The summed E-state index contributed by atoms with van der Waals surface area (Å²) in [6.07, 6.45) is 2.05. The number of carbonyl (C=O) groups is 2. The highest BCUT2D eigenvalue weighted by atomic mass is 16.6. The average Bonchev–Trinajstić information content (AvgIpc) is 3.22. The number of nitrogens with one attached hydrogen (secondary N) is 1. The molecule has 7 nitrogen and oxygen atoms in total. The number of amides is 1. The normalized spacial score (nSPS) is 14.0. The van der Waals surface area contributed by atoms with Crippen LogP contribution in [0.15, 0.2) is 24.3 Å². The van der Waals surface area contributed by atoms with E-state index < -0.39 is 4.92 Å². The molecule has 0 unspecified atom stereocenters. The summed E-state index contributed by atoms with van der Waals surface area (Å²) >= 11 is 0. The summed E-state index contributed by atoms with van der Waals surface area (Å²) in [7, 11) is 1.69. The molecule has 112 valence electrons. The van der Waals surface area contributed by atoms with E-state index in [1.54, 1.807) is 11.9 Å². The maximum Gasteiger partial charge on any atom is 0.269 e. The number of carbonyl (C=O) groups excluding carboxylic acids is 2. The van der Waals surface area contributed by atoms with Crippen LogP contribution in [0.1, 0.15) is 23.2 Å². The Kier molecular flexibility index (Phi) is 4.64. The van der Waals surface area contributed by atoms with Crippen molar-refractivity contribution in [3.63, 3.8) is 0 Å². The Morgan fingerprint density at radius 3 is 2.43 bits per heavy atom. The Morgan fingerprint density at radius 2 is 1.90 bits per heavy atom. The lowest BCUT2D eigenvalue weighted by Crippen LogP contribution is -2.38. The maximum absolute atomic E-state index is 12.0. The molecule has 1 aliphatic carbocycles. The molecule has 0 saturated heterocycles. The van der Waals surface area contributed by atoms with Gasteiger partial charge in [-0.25, -0.2) is 0 Å². The van der Waals surface area contributed by atoms with E-state index in [0.29, 0.717) is 11.6 Å². The van der Waals surface area contributed by atoms with E-state index in [0.717, 1.165) is 12.8 Å². The monoisotopic (exact) mass is 291 g/mol. The Balaban J connectivity index is 1.84. The van der Waals surface area contributed by atoms with Crippen LogP contribution in [0, 0.1) is 10.1 Å². The Labute approximate surface area is 122 Å². The van der Waals surface area contributed by atoms with Crippen molar-refractivity contribution in [2.24, 2.45) is 0 Å². The van der Waals surface area contributed by atoms with Crippen LogP contribution in [0.25, 0.3) is 0 Å². The lowest BCUT2D eigenvalue weighted by atomic mass is 10.1. The molecule has 1 amide bonds. The van der Waals surface area contributed by atoms with Gasteiger partial charge in [-0.3, -0.25) is 24.6 Å². The van der Waals surface area contributed by atoms with Crippen molar-refractivity contribution in [1.82, 2.24) is 10.2 Å². The van der Waals surface area contributed by atoms with E-state index in [9.17, 15) is 19.7 Å². The highest BCUT2D eigenvalue weighted by molar-refractivity contribution is 5.98. The fourth-order valence-corrected chi connectivity index (χ4v) is 1.91. The van der Waals surface area contributed by atoms with Crippen LogP contribution < -0.4 is 5.32 Å². The van der Waals surface area contributed by atoms with E-state index in [1.807, 2.05) is 0 Å². The molecule has 0 radical (unpaired) electrons. The Hall–Kier alpha value is -2.28. The number of nitro groups is 1. The van der Waals surface area contributed by atoms with Crippen LogP contribution in [-0.4, -0.2) is 47.7 Å². The third-order valence-corrected chi connectivity index (χ3v) is 3.17. The largest absolute Gasteiger partial charge is 0.352 e. The predicted molar refractivity (Wildman–Crippen MR) is 76.1 cm³/mol. The van der Waals surface area contributed by atoms with Gasteiger partial charge in [0, 0.05) is 23.7 Å². The van der Waals surface area contributed by atoms with Crippen molar-refractivity contribution in [2.75, 3.05) is 20.1 Å². The van der Waals surface area contributed by atoms with Crippen molar-refractivity contribution in [3.05, 3.63) is 39.9 Å². The molecule has 1 aromatic carbocycles. The lowest BCUT2D eigenvalue weighted by Gasteiger charge is -2.15. The third kappa shape index (κ3) is 4.64. The van der Waals surface area contributed by atoms with Crippen LogP contribution in [0.2, 0.25) is 0 Å². The first-order valence-corrected chi connectivity index (χ1v) is 6.71. The van der Waals surface area contributed by atoms with Crippen LogP contribution in [0.5, 0.6) is 0 Å². The molecule has 21 heavy (non-hydrogen) atoms. The molecular formula is C14H17N3O4. The molecule has 1 fully saturated rings. The smallest absolute Gasteiger partial charge is 0.269 e. The second-order valence-corrected chi connectivity index (χ2v) is 5.24. The van der Waals surface area contributed by atoms with Gasteiger partial charge in [0.15, 0.2) is 5.78 Å². The van der Waals surface area contributed by atoms with Gasteiger partial charge in [-0.05, 0) is 32.0 Å². The highest BCUT2D eigenvalue weighted by Gasteiger charge is 2.23. The van der Waals surface area contributed by atoms with Crippen LogP contribution >= 0.6 is 0 Å². The van der Waals surface area contributed by atoms with Gasteiger partial charge >= 0.3 is 0 Å². The second-order valence-electron chi connectivity index (χ2n) is 5.24. The Bertz CT molecular complexity index is 552. The minimum absolute atomic E-state index is 0.0521. The number of benzene rings is 1. The summed E-state index contributed by atoms with van der Waals surface area (Å²) in [5.74, 6) is -0.261. The molecule has 1 aromatic rings. The average molecular weight is 291 g/mol. The molecule has 0 heterocycles. The minimum Gasteiger partial charge on any atom is -0.352 e. The zero-order valence-corrected chi connectivity index (χ0v) is 11.7. The molecular weight excluding hydrogens is 274 g/mol. The van der Waals surface area contributed by atoms with Gasteiger partial charge in [0.2, 0.25) is 5.91 Å². The first kappa shape index (κ1) is 15.1. The van der Waals surface area contributed by atoms with E-state index >= 15 is 0 Å². The first-order valence-electron chi connectivity index (χ1n) is 6.71. The van der Waals surface area contributed by atoms with Gasteiger partial charge in [-0.15, -0.1) is 0 Å². The minimum atomic E-state index is -0.511. The summed E-state index contributed by atoms with van der Waals surface area (Å²) < 4.78 is 0. The Morgan fingerprint density at radius 1 is 1.29 bits per heavy atom. The van der Waals surface area contributed by atoms with Crippen LogP contribution in [-0.2, 0) is 4.79 Å². The summed E-state index contributed by atoms with van der Waals surface area (Å²) in [5.41, 5.74) is 0.346. The van der Waals surface area contributed by atoms with Gasteiger partial charge < -0.3 is 5.32 Å². The third-order valence-electron chi connectivity index (χ3n) is 3.17. The fraction of sp³-hybridized carbons (Fsp3) is 0.429. The summed E-state index contributed by atoms with van der Waals surface area (Å²) in [6, 6.07) is 5.76. The molecule has 0 spiro atoms. The maximum atomic E-state index is 12.0. The summed E-state index contributed by atoms with van der Waals surface area (Å²) in [5, 5.41) is 13.4. The van der Waals surface area contributed by atoms with Crippen molar-refractivity contribution in [3.8, 4) is 0 Å². The molecule has 2 rings (SSSR count). The quantitative estimate of drug-likeness (QED) is 0.459. The number of Topliss-reactive ketones (excluding diaryl/α,β-unsaturated/α-hetero) is 1. The number of hydrogen-bond acceptors (Lipinski definition) is 5. The molecule has 1 aliphatic rings. The number of hydrogen-bond donors (Lipinski definition) is 1. The molecule has 0 aliphatic heterocycles. The zero-order chi connectivity index (χ0) is 15.4. The summed E-state index contributed by atoms with van der Waals surface area (Å²) in [6.45, 7) is 0.255. The molecule has 1 N–H and O–H groups in total. The van der Waals surface area contributed by atoms with Gasteiger partial charge in [-0.1, -0.05) is 0 Å². The fourth-order valence-electron chi connectivity index (χ4n) is 1.91. The number of likely N-dealkylation sites (N-methyl/N-ethyl adjacent to an activating group) is 1. The van der Waals surface area contributed by atoms with E-state index in [1.165, 1.54) is 24.3 Å². The van der Waals surface area contributed by atoms with E-state index in [4.69, 9.17) is 0 Å². The summed E-state index contributed by atoms with van der Waals surface area (Å²) in [4.78, 5) is 35.3. The lowest BCUT2D eigenvalue weighted by molar-refractivity contribution is -0.384. The number of nitrogens with zero attached hydrogens (tertiary/aromatic N) is 2. The SMILES string of the molecule is CN(CC(=O)NC1CC1)CC(=O)c1ccc([N+](=O)[O-])cc1. The van der Waals surface area contributed by atoms with Crippen molar-refractivity contribution in [1.29, 1.82) is 0 Å². The molecule has 1 saturated carbocycles. The van der Waals surface area contributed by atoms with E-state index in [2.05, 4.69) is 5.32 Å². The number of nitro benzene ring substituents is 1. The topological polar surface area (TPSA) is 92.6 Å². The highest BCUT2D eigenvalue weighted by Crippen LogP contribution is 2.18. The van der Waals surface area contributed by atoms with Crippen molar-refractivity contribution in [2.45, 2.75) is 18.9 Å². The van der Waals surface area contributed by atoms with Gasteiger partial charge in [0.1, 0.15) is 0 Å². The van der Waals surface area contributed by atoms with Gasteiger partial charge in [-0.2, -0.15) is 0 Å². The van der Waals surface area contributed by atoms with Gasteiger partial charge in [0.25, 0.3) is 5.69 Å². The van der Waals surface area contributed by atoms with Crippen LogP contribution in [0.3, 0.4) is 0 Å². The number of ketones is 1. The van der Waals surface area contributed by atoms with E-state index in [-0.39, 0.29) is 30.5 Å². The molecule has 0 bridgehead atoms. The van der Waals surface area contributed by atoms with Gasteiger partial charge in [0.05, 0.1) is 18.0 Å². The van der Waals surface area contributed by atoms with Crippen LogP contribution in [0.4, 0.5) is 5.69 Å². The standard InChI is InChI=1S/C14H17N3O4/c1-16(9-14(19)15-11-4-5-11)8-13(18)10-2-6-12(7-3-10)17(20)21/h2-3,6-7,11H,4-5,8-9H2,1H3,(H,15,19). The molecule has 0 aromatic heterocycles. The number of rotatable bonds is 7. The molecule has 0 atom stereocenters. The zero-order valence-electron chi connectivity index (χ0n) is 11.7. The molecule has 7 heteroatoms.